The third kappa shape index (κ3) is 13.4. The highest BCUT2D eigenvalue weighted by Gasteiger charge is 1.94. The van der Waals surface area contributed by atoms with Gasteiger partial charge in [-0.25, -0.2) is 0 Å². The zero-order valence-electron chi connectivity index (χ0n) is 11.0. The van der Waals surface area contributed by atoms with Crippen molar-refractivity contribution in [1.29, 1.82) is 0 Å². The van der Waals surface area contributed by atoms with Gasteiger partial charge in [0.2, 0.25) is 0 Å². The smallest absolute Gasteiger partial charge is 0.0512 e. The highest BCUT2D eigenvalue weighted by molar-refractivity contribution is 4.86. The summed E-state index contributed by atoms with van der Waals surface area (Å²) in [6.45, 7) is 3.93. The lowest BCUT2D eigenvalue weighted by Gasteiger charge is -2.02. The second-order valence-corrected chi connectivity index (χ2v) is 4.46. The van der Waals surface area contributed by atoms with E-state index in [1.807, 2.05) is 6.92 Å². The lowest BCUT2D eigenvalue weighted by molar-refractivity contribution is 0.180. The minimum Gasteiger partial charge on any atom is -0.393 e. The molecule has 0 aromatic rings. The molecule has 0 amide bonds. The van der Waals surface area contributed by atoms with Crippen molar-refractivity contribution in [3.63, 3.8) is 0 Å². The van der Waals surface area contributed by atoms with E-state index in [0.717, 1.165) is 6.42 Å². The van der Waals surface area contributed by atoms with Crippen LogP contribution in [-0.4, -0.2) is 11.2 Å². The Bertz CT molecular complexity index is 180. The molecular formula is C15H28O. The maximum Gasteiger partial charge on any atom is 0.0512 e. The number of hydrogen-bond acceptors (Lipinski definition) is 1. The van der Waals surface area contributed by atoms with Gasteiger partial charge in [-0.15, -0.1) is 0 Å². The largest absolute Gasteiger partial charge is 0.393 e. The summed E-state index contributed by atoms with van der Waals surface area (Å²) in [7, 11) is 0. The number of rotatable bonds is 10. The Balaban J connectivity index is 3.08. The Kier molecular flexibility index (Phi) is 12.1. The van der Waals surface area contributed by atoms with Crippen molar-refractivity contribution in [3.05, 3.63) is 24.3 Å². The van der Waals surface area contributed by atoms with E-state index in [1.165, 1.54) is 44.9 Å². The molecule has 0 bridgehead atoms. The molecule has 0 aliphatic carbocycles. The van der Waals surface area contributed by atoms with Gasteiger partial charge in [0.15, 0.2) is 0 Å². The van der Waals surface area contributed by atoms with Gasteiger partial charge in [0, 0.05) is 0 Å². The standard InChI is InChI=1S/C15H28O/c1-3-4-5-6-7-8-9-10-11-12-13-14-15(2)16/h3-4,7-8,15-16H,5-6,9-14H2,1-2H3. The van der Waals surface area contributed by atoms with Crippen LogP contribution in [0.4, 0.5) is 0 Å². The minimum absolute atomic E-state index is 0.119. The zero-order chi connectivity index (χ0) is 12.1. The summed E-state index contributed by atoms with van der Waals surface area (Å²) < 4.78 is 0. The highest BCUT2D eigenvalue weighted by Crippen LogP contribution is 2.07. The van der Waals surface area contributed by atoms with Gasteiger partial charge in [0.1, 0.15) is 0 Å². The molecule has 16 heavy (non-hydrogen) atoms. The van der Waals surface area contributed by atoms with Gasteiger partial charge in [0.25, 0.3) is 0 Å². The van der Waals surface area contributed by atoms with E-state index in [9.17, 15) is 0 Å². The molecule has 0 radical (unpaired) electrons. The van der Waals surface area contributed by atoms with Crippen LogP contribution in [0.2, 0.25) is 0 Å². The average molecular weight is 224 g/mol. The summed E-state index contributed by atoms with van der Waals surface area (Å²) >= 11 is 0. The van der Waals surface area contributed by atoms with Crippen LogP contribution in [0, 0.1) is 0 Å². The van der Waals surface area contributed by atoms with E-state index in [1.54, 1.807) is 0 Å². The fourth-order valence-electron chi connectivity index (χ4n) is 1.65. The molecule has 1 heteroatoms. The number of hydrogen-bond donors (Lipinski definition) is 1. The monoisotopic (exact) mass is 224 g/mol. The third-order valence-corrected chi connectivity index (χ3v) is 2.65. The Morgan fingerprint density at radius 1 is 0.875 bits per heavy atom. The van der Waals surface area contributed by atoms with Gasteiger partial charge in [0.05, 0.1) is 6.10 Å². The SMILES string of the molecule is CC=CCCC=CCCCCCCC(C)O. The van der Waals surface area contributed by atoms with E-state index >= 15 is 0 Å². The van der Waals surface area contributed by atoms with Crippen molar-refractivity contribution in [3.8, 4) is 0 Å². The quantitative estimate of drug-likeness (QED) is 0.424. The van der Waals surface area contributed by atoms with Gasteiger partial charge >= 0.3 is 0 Å². The molecule has 0 saturated carbocycles. The molecule has 0 saturated heterocycles. The Morgan fingerprint density at radius 3 is 2.19 bits per heavy atom. The summed E-state index contributed by atoms with van der Waals surface area (Å²) in [5.41, 5.74) is 0. The molecule has 0 aliphatic heterocycles. The van der Waals surface area contributed by atoms with Crippen LogP contribution in [0.5, 0.6) is 0 Å². The van der Waals surface area contributed by atoms with Crippen LogP contribution in [-0.2, 0) is 0 Å². The number of aliphatic hydroxyl groups is 1. The zero-order valence-corrected chi connectivity index (χ0v) is 11.0. The Hall–Kier alpha value is -0.560. The molecule has 0 aliphatic rings. The first-order valence-electron chi connectivity index (χ1n) is 6.71. The second-order valence-electron chi connectivity index (χ2n) is 4.46. The van der Waals surface area contributed by atoms with Gasteiger partial charge in [-0.1, -0.05) is 43.6 Å². The first-order valence-corrected chi connectivity index (χ1v) is 6.71. The normalized spacial score (nSPS) is 13.9. The molecule has 0 rings (SSSR count). The molecule has 94 valence electrons. The van der Waals surface area contributed by atoms with Gasteiger partial charge < -0.3 is 5.11 Å². The Labute approximate surface area is 101 Å². The predicted octanol–water partition coefficient (Wildman–Crippen LogP) is 4.62. The van der Waals surface area contributed by atoms with E-state index < -0.39 is 0 Å². The van der Waals surface area contributed by atoms with E-state index in [4.69, 9.17) is 5.11 Å². The fraction of sp³-hybridized carbons (Fsp3) is 0.733. The molecule has 1 unspecified atom stereocenters. The summed E-state index contributed by atoms with van der Waals surface area (Å²) in [6.07, 6.45) is 18.3. The summed E-state index contributed by atoms with van der Waals surface area (Å²) in [5.74, 6) is 0. The second kappa shape index (κ2) is 12.5. The van der Waals surface area contributed by atoms with Crippen molar-refractivity contribution < 1.29 is 5.11 Å². The Morgan fingerprint density at radius 2 is 1.50 bits per heavy atom. The molecule has 1 nitrogen and oxygen atoms in total. The highest BCUT2D eigenvalue weighted by atomic mass is 16.3. The molecular weight excluding hydrogens is 196 g/mol. The molecule has 0 heterocycles. The van der Waals surface area contributed by atoms with Crippen molar-refractivity contribution in [2.24, 2.45) is 0 Å². The van der Waals surface area contributed by atoms with Crippen LogP contribution >= 0.6 is 0 Å². The van der Waals surface area contributed by atoms with Crippen molar-refractivity contribution in [1.82, 2.24) is 0 Å². The van der Waals surface area contributed by atoms with Gasteiger partial charge in [-0.05, 0) is 46.0 Å². The van der Waals surface area contributed by atoms with E-state index in [-0.39, 0.29) is 6.10 Å². The lowest BCUT2D eigenvalue weighted by atomic mass is 10.1. The number of allylic oxidation sites excluding steroid dienone is 4. The van der Waals surface area contributed by atoms with Crippen molar-refractivity contribution >= 4 is 0 Å². The van der Waals surface area contributed by atoms with Crippen LogP contribution < -0.4 is 0 Å². The maximum atomic E-state index is 9.08. The van der Waals surface area contributed by atoms with Gasteiger partial charge in [-0.3, -0.25) is 0 Å². The van der Waals surface area contributed by atoms with Crippen LogP contribution in [0.1, 0.15) is 65.2 Å². The van der Waals surface area contributed by atoms with Crippen LogP contribution in [0.25, 0.3) is 0 Å². The minimum atomic E-state index is -0.119. The number of unbranched alkanes of at least 4 members (excludes halogenated alkanes) is 5. The van der Waals surface area contributed by atoms with Crippen molar-refractivity contribution in [2.45, 2.75) is 71.3 Å². The topological polar surface area (TPSA) is 20.2 Å². The fourth-order valence-corrected chi connectivity index (χ4v) is 1.65. The first-order chi connectivity index (χ1) is 7.77. The first kappa shape index (κ1) is 15.4. The van der Waals surface area contributed by atoms with Crippen LogP contribution in [0.15, 0.2) is 24.3 Å². The van der Waals surface area contributed by atoms with E-state index in [2.05, 4.69) is 31.2 Å². The summed E-state index contributed by atoms with van der Waals surface area (Å²) in [4.78, 5) is 0. The maximum absolute atomic E-state index is 9.08. The summed E-state index contributed by atoms with van der Waals surface area (Å²) in [6, 6.07) is 0. The van der Waals surface area contributed by atoms with Crippen LogP contribution in [0.3, 0.4) is 0 Å². The molecule has 1 atom stereocenters. The number of aliphatic hydroxyl groups excluding tert-OH is 1. The lowest BCUT2D eigenvalue weighted by Crippen LogP contribution is -1.97. The molecule has 0 aromatic carbocycles. The molecule has 0 spiro atoms. The third-order valence-electron chi connectivity index (χ3n) is 2.65. The predicted molar refractivity (Wildman–Crippen MR) is 72.6 cm³/mol. The van der Waals surface area contributed by atoms with Gasteiger partial charge in [-0.2, -0.15) is 0 Å². The molecule has 1 N–H and O–H groups in total. The molecule has 0 fully saturated rings. The molecule has 0 aromatic heterocycles. The van der Waals surface area contributed by atoms with Crippen molar-refractivity contribution in [2.75, 3.05) is 0 Å². The summed E-state index contributed by atoms with van der Waals surface area (Å²) in [5, 5.41) is 9.08. The van der Waals surface area contributed by atoms with E-state index in [0.29, 0.717) is 0 Å². The average Bonchev–Trinajstić information content (AvgIpc) is 2.25.